The van der Waals surface area contributed by atoms with Gasteiger partial charge in [0.2, 0.25) is 5.91 Å². The van der Waals surface area contributed by atoms with Crippen LogP contribution in [0.1, 0.15) is 19.8 Å². The van der Waals surface area contributed by atoms with Gasteiger partial charge in [0.15, 0.2) is 16.7 Å². The molecular formula is C15H17N5O2S. The van der Waals surface area contributed by atoms with Crippen LogP contribution in [0.3, 0.4) is 0 Å². The van der Waals surface area contributed by atoms with Crippen molar-refractivity contribution in [3.63, 3.8) is 0 Å². The molecule has 0 saturated heterocycles. The molecule has 1 saturated carbocycles. The van der Waals surface area contributed by atoms with Crippen molar-refractivity contribution in [3.8, 4) is 17.7 Å². The first-order valence-electron chi connectivity index (χ1n) is 7.32. The Labute approximate surface area is 138 Å². The third-order valence-corrected chi connectivity index (χ3v) is 4.95. The molecule has 1 amide bonds. The molecular weight excluding hydrogens is 314 g/mol. The quantitative estimate of drug-likeness (QED) is 0.813. The molecule has 1 N–H and O–H groups in total. The number of amides is 1. The summed E-state index contributed by atoms with van der Waals surface area (Å²) in [6.07, 6.45) is 3.56. The Hall–Kier alpha value is -2.27. The van der Waals surface area contributed by atoms with Crippen LogP contribution in [0.15, 0.2) is 28.0 Å². The highest BCUT2D eigenvalue weighted by atomic mass is 32.2. The molecule has 1 fully saturated rings. The number of aromatic nitrogens is 3. The first-order valence-corrected chi connectivity index (χ1v) is 8.30. The first kappa shape index (κ1) is 15.6. The summed E-state index contributed by atoms with van der Waals surface area (Å²) in [6.45, 7) is 1.78. The third-order valence-electron chi connectivity index (χ3n) is 3.93. The summed E-state index contributed by atoms with van der Waals surface area (Å²) in [6, 6.07) is 5.80. The van der Waals surface area contributed by atoms with E-state index in [0.717, 1.165) is 12.8 Å². The van der Waals surface area contributed by atoms with Crippen molar-refractivity contribution in [2.45, 2.75) is 30.5 Å². The predicted molar refractivity (Wildman–Crippen MR) is 84.3 cm³/mol. The summed E-state index contributed by atoms with van der Waals surface area (Å²) in [5.41, 5.74) is -0.767. The smallest absolute Gasteiger partial charge is 0.231 e. The lowest BCUT2D eigenvalue weighted by Crippen LogP contribution is -2.47. The van der Waals surface area contributed by atoms with Gasteiger partial charge in [-0.3, -0.25) is 4.79 Å². The van der Waals surface area contributed by atoms with Crippen LogP contribution < -0.4 is 5.32 Å². The van der Waals surface area contributed by atoms with Crippen LogP contribution in [0.25, 0.3) is 11.6 Å². The Bertz CT molecular complexity index is 745. The van der Waals surface area contributed by atoms with Gasteiger partial charge in [0.25, 0.3) is 0 Å². The topological polar surface area (TPSA) is 96.7 Å². The van der Waals surface area contributed by atoms with Gasteiger partial charge in [-0.15, -0.1) is 10.2 Å². The molecule has 2 aromatic heterocycles. The number of rotatable bonds is 6. The second-order valence-electron chi connectivity index (χ2n) is 5.77. The second-order valence-corrected chi connectivity index (χ2v) is 6.71. The van der Waals surface area contributed by atoms with Crippen molar-refractivity contribution in [2.75, 3.05) is 5.75 Å². The average molecular weight is 331 g/mol. The lowest BCUT2D eigenvalue weighted by molar-refractivity contribution is -0.119. The number of furan rings is 1. The highest BCUT2D eigenvalue weighted by Gasteiger charge is 2.42. The van der Waals surface area contributed by atoms with Crippen molar-refractivity contribution in [3.05, 3.63) is 18.4 Å². The highest BCUT2D eigenvalue weighted by Crippen LogP contribution is 2.39. The molecule has 0 aromatic carbocycles. The number of hydrogen-bond donors (Lipinski definition) is 1. The summed E-state index contributed by atoms with van der Waals surface area (Å²) in [5.74, 6) is 1.52. The zero-order chi connectivity index (χ0) is 16.4. The maximum Gasteiger partial charge on any atom is 0.231 e. The molecule has 7 nitrogen and oxygen atoms in total. The maximum absolute atomic E-state index is 12.1. The molecule has 2 heterocycles. The number of nitriles is 1. The Morgan fingerprint density at radius 1 is 1.61 bits per heavy atom. The van der Waals surface area contributed by atoms with Crippen LogP contribution in [0.5, 0.6) is 0 Å². The molecule has 1 aliphatic rings. The van der Waals surface area contributed by atoms with Crippen molar-refractivity contribution < 1.29 is 9.21 Å². The fraction of sp³-hybridized carbons (Fsp3) is 0.467. The summed E-state index contributed by atoms with van der Waals surface area (Å²) in [4.78, 5) is 12.1. The van der Waals surface area contributed by atoms with E-state index in [2.05, 4.69) is 21.6 Å². The van der Waals surface area contributed by atoms with E-state index in [1.807, 2.05) is 7.05 Å². The molecule has 8 heteroatoms. The number of nitrogens with zero attached hydrogens (tertiary/aromatic N) is 4. The van der Waals surface area contributed by atoms with E-state index >= 15 is 0 Å². The van der Waals surface area contributed by atoms with Crippen molar-refractivity contribution in [1.29, 1.82) is 5.26 Å². The van der Waals surface area contributed by atoms with E-state index < -0.39 is 5.54 Å². The molecule has 0 unspecified atom stereocenters. The molecule has 0 aliphatic heterocycles. The van der Waals surface area contributed by atoms with Gasteiger partial charge < -0.3 is 14.3 Å². The highest BCUT2D eigenvalue weighted by molar-refractivity contribution is 7.99. The molecule has 23 heavy (non-hydrogen) atoms. The van der Waals surface area contributed by atoms with Crippen LogP contribution in [0, 0.1) is 17.2 Å². The number of thioether (sulfide) groups is 1. The van der Waals surface area contributed by atoms with Gasteiger partial charge in [0, 0.05) is 7.05 Å². The third kappa shape index (κ3) is 3.24. The minimum absolute atomic E-state index is 0.173. The van der Waals surface area contributed by atoms with Gasteiger partial charge in [-0.05, 0) is 37.8 Å². The minimum atomic E-state index is -0.767. The largest absolute Gasteiger partial charge is 0.461 e. The summed E-state index contributed by atoms with van der Waals surface area (Å²) in [5, 5.41) is 20.9. The fourth-order valence-corrected chi connectivity index (χ4v) is 3.11. The standard InChI is InChI=1S/C15H17N5O2S/c1-15(9-16,10-5-6-10)17-12(21)8-23-14-19-18-13(20(14)2)11-4-3-7-22-11/h3-4,7,10H,5-6,8H2,1-2H3,(H,17,21)/t15-/m0/s1. The number of nitrogens with one attached hydrogen (secondary N) is 1. The molecule has 1 aliphatic carbocycles. The van der Waals surface area contributed by atoms with Gasteiger partial charge in [-0.1, -0.05) is 11.8 Å². The van der Waals surface area contributed by atoms with Gasteiger partial charge in [-0.2, -0.15) is 5.26 Å². The van der Waals surface area contributed by atoms with Crippen molar-refractivity contribution in [1.82, 2.24) is 20.1 Å². The molecule has 3 rings (SSSR count). The second kappa shape index (κ2) is 6.08. The van der Waals surface area contributed by atoms with Crippen LogP contribution in [-0.4, -0.2) is 32.0 Å². The zero-order valence-electron chi connectivity index (χ0n) is 12.9. The monoisotopic (exact) mass is 331 g/mol. The van der Waals surface area contributed by atoms with Gasteiger partial charge in [0.05, 0.1) is 18.1 Å². The number of carbonyl (C=O) groups is 1. The van der Waals surface area contributed by atoms with E-state index in [1.54, 1.807) is 29.9 Å². The lowest BCUT2D eigenvalue weighted by atomic mass is 9.98. The number of hydrogen-bond acceptors (Lipinski definition) is 6. The molecule has 0 radical (unpaired) electrons. The van der Waals surface area contributed by atoms with Crippen LogP contribution >= 0.6 is 11.8 Å². The molecule has 0 spiro atoms. The van der Waals surface area contributed by atoms with E-state index in [1.165, 1.54) is 11.8 Å². The SMILES string of the molecule is Cn1c(SCC(=O)N[C@@](C)(C#N)C2CC2)nnc1-c1ccco1. The summed E-state index contributed by atoms with van der Waals surface area (Å²) >= 11 is 1.28. The zero-order valence-corrected chi connectivity index (χ0v) is 13.8. The van der Waals surface area contributed by atoms with Crippen LogP contribution in [0.2, 0.25) is 0 Å². The minimum Gasteiger partial charge on any atom is -0.461 e. The Balaban J connectivity index is 1.61. The summed E-state index contributed by atoms with van der Waals surface area (Å²) in [7, 11) is 1.82. The van der Waals surface area contributed by atoms with Crippen molar-refractivity contribution in [2.24, 2.45) is 13.0 Å². The van der Waals surface area contributed by atoms with Gasteiger partial charge >= 0.3 is 0 Å². The normalized spacial score (nSPS) is 16.6. The Morgan fingerprint density at radius 3 is 3.00 bits per heavy atom. The van der Waals surface area contributed by atoms with Gasteiger partial charge in [0.1, 0.15) is 5.54 Å². The van der Waals surface area contributed by atoms with E-state index in [4.69, 9.17) is 4.42 Å². The molecule has 0 bridgehead atoms. The van der Waals surface area contributed by atoms with Crippen molar-refractivity contribution >= 4 is 17.7 Å². The van der Waals surface area contributed by atoms with Crippen LogP contribution in [-0.2, 0) is 11.8 Å². The molecule has 1 atom stereocenters. The molecule has 120 valence electrons. The molecule has 2 aromatic rings. The van der Waals surface area contributed by atoms with E-state index in [0.29, 0.717) is 16.7 Å². The Kier molecular flexibility index (Phi) is 4.13. The summed E-state index contributed by atoms with van der Waals surface area (Å²) < 4.78 is 7.08. The first-order chi connectivity index (χ1) is 11.0. The van der Waals surface area contributed by atoms with Gasteiger partial charge in [-0.25, -0.2) is 0 Å². The van der Waals surface area contributed by atoms with E-state index in [9.17, 15) is 10.1 Å². The lowest BCUT2D eigenvalue weighted by Gasteiger charge is -2.22. The number of carbonyl (C=O) groups excluding carboxylic acids is 1. The van der Waals surface area contributed by atoms with E-state index in [-0.39, 0.29) is 17.6 Å². The average Bonchev–Trinajstić information content (AvgIpc) is 3.15. The fourth-order valence-electron chi connectivity index (χ4n) is 2.40. The van der Waals surface area contributed by atoms with Crippen LogP contribution in [0.4, 0.5) is 0 Å². The predicted octanol–water partition coefficient (Wildman–Crippen LogP) is 1.98. The Morgan fingerprint density at radius 2 is 2.39 bits per heavy atom. The maximum atomic E-state index is 12.1.